The summed E-state index contributed by atoms with van der Waals surface area (Å²) in [5.74, 6) is 1.13. The number of amides is 2. The van der Waals surface area contributed by atoms with Crippen molar-refractivity contribution in [1.29, 1.82) is 0 Å². The fourth-order valence-electron chi connectivity index (χ4n) is 12.5. The Morgan fingerprint density at radius 2 is 0.729 bits per heavy atom. The first kappa shape index (κ1) is 84.2. The molecule has 16 N–H and O–H groups in total. The third-order valence-electron chi connectivity index (χ3n) is 18.8. The normalized spacial score (nSPS) is 18.9. The summed E-state index contributed by atoms with van der Waals surface area (Å²) in [6, 6.07) is 23.8. The van der Waals surface area contributed by atoms with Gasteiger partial charge >= 0.3 is 53.4 Å². The first-order valence-corrected chi connectivity index (χ1v) is 34.8. The number of aromatic nitrogens is 9. The Balaban J connectivity index is 0.000000206. The average Bonchev–Trinajstić information content (AvgIpc) is 1.69. The van der Waals surface area contributed by atoms with Gasteiger partial charge in [-0.15, -0.1) is 12.4 Å². The van der Waals surface area contributed by atoms with Crippen LogP contribution >= 0.6 is 12.4 Å². The van der Waals surface area contributed by atoms with Crippen molar-refractivity contribution in [2.45, 2.75) is 159 Å². The van der Waals surface area contributed by atoms with Crippen molar-refractivity contribution in [2.24, 2.45) is 23.5 Å². The Labute approximate surface area is 648 Å². The minimum absolute atomic E-state index is 0. The Hall–Kier alpha value is -10.1. The van der Waals surface area contributed by atoms with Gasteiger partial charge < -0.3 is 79.6 Å². The van der Waals surface area contributed by atoms with E-state index in [-0.39, 0.29) is 120 Å². The molecule has 0 spiro atoms. The molecule has 6 saturated carbocycles. The van der Waals surface area contributed by atoms with Crippen LogP contribution in [0.3, 0.4) is 0 Å². The number of hydrogen-bond donors (Lipinski definition) is 12. The molecule has 0 bridgehead atoms. The van der Waals surface area contributed by atoms with E-state index in [4.69, 9.17) is 10.5 Å². The van der Waals surface area contributed by atoms with Gasteiger partial charge in [-0.2, -0.15) is 0 Å². The van der Waals surface area contributed by atoms with Gasteiger partial charge in [-0.3, -0.25) is 38.9 Å². The van der Waals surface area contributed by atoms with E-state index >= 15 is 0 Å². The fourth-order valence-corrected chi connectivity index (χ4v) is 12.5. The van der Waals surface area contributed by atoms with E-state index in [1.807, 2.05) is 66.7 Å². The summed E-state index contributed by atoms with van der Waals surface area (Å²) in [5.41, 5.74) is 11.4. The maximum absolute atomic E-state index is 13.1. The second-order valence-electron chi connectivity index (χ2n) is 26.6. The summed E-state index contributed by atoms with van der Waals surface area (Å²) in [6.07, 6.45) is 30.6. The van der Waals surface area contributed by atoms with Crippen molar-refractivity contribution in [1.82, 2.24) is 61.6 Å². The molecular formula is C75H93ClN19NaO11. The van der Waals surface area contributed by atoms with Crippen LogP contribution < -0.4 is 84.0 Å². The van der Waals surface area contributed by atoms with Gasteiger partial charge in [0.05, 0.1) is 76.7 Å². The van der Waals surface area contributed by atoms with Crippen molar-refractivity contribution in [3.8, 4) is 0 Å². The van der Waals surface area contributed by atoms with Crippen LogP contribution in [0.4, 0.5) is 52.0 Å². The molecular weight excluding hydrogens is 1400 g/mol. The Kier molecular flexibility index (Phi) is 31.5. The zero-order chi connectivity index (χ0) is 71.1. The molecule has 32 heteroatoms. The van der Waals surface area contributed by atoms with Gasteiger partial charge in [0, 0.05) is 126 Å². The standard InChI is InChI=1S/C25H28N6O3.C24H26N6O3.C17H15N5O2.C8H15NO2.CH4.ClH.H3N.Na.H2O/c1-34-25(33)15-2-5-18(6-3-15)29-24(32)19-14-27-23(12-21(19)28-17-7-8-17)31-22-9-4-16-13-26-11-10-20(16)30-22;31-23(28-17-4-1-14(2-5-17)24(32)33)18-13-26-22(11-20(18)27-16-6-7-16)30-21-8-3-15-12-25-10-9-19(15)29-21;23-17(24)12-9-19-16(7-14(12)20-11-2-3-11)22-15-4-1-10-8-18-6-5-13(10)21-15;1-11-8(10)6-2-4-7(9)5-3-6;;;;;/h4,9-15,17-18H,2-3,5-8H2,1H3,(H,29,32)(H2,27,28,30,31);3,8-14,16-17H,1-2,4-7H2,(H,28,31)(H,32,33)(H2,26,27,29,30);1,4-9,11H,2-3H2,(H,23,24)(H2,19,20,21,22);6-7H,2-5,9H2,1H3;1H4;1H;1H3;;1H2/q;;;;;;;+1;/p-1. The van der Waals surface area contributed by atoms with Gasteiger partial charge in [-0.25, -0.2) is 34.7 Å². The second-order valence-corrected chi connectivity index (χ2v) is 26.6. The number of nitrogens with one attached hydrogen (secondary N) is 8. The number of ether oxygens (including phenoxy) is 2. The third kappa shape index (κ3) is 24.0. The van der Waals surface area contributed by atoms with Crippen LogP contribution in [0.1, 0.15) is 154 Å². The molecule has 6 aliphatic carbocycles. The van der Waals surface area contributed by atoms with E-state index in [2.05, 4.69) is 92.1 Å². The van der Waals surface area contributed by atoms with E-state index in [0.29, 0.717) is 102 Å². The van der Waals surface area contributed by atoms with Crippen LogP contribution in [-0.2, 0) is 23.9 Å². The van der Waals surface area contributed by atoms with Gasteiger partial charge in [0.2, 0.25) is 0 Å². The molecule has 0 unspecified atom stereocenters. The number of nitrogens with zero attached hydrogens (tertiary/aromatic N) is 9. The zero-order valence-electron chi connectivity index (χ0n) is 59.4. The van der Waals surface area contributed by atoms with Crippen LogP contribution in [0.2, 0.25) is 0 Å². The number of esters is 2. The molecule has 0 aromatic carbocycles. The molecule has 107 heavy (non-hydrogen) atoms. The number of rotatable bonds is 20. The molecule has 9 heterocycles. The average molecular weight is 1500 g/mol. The SMILES string of the molecule is C.COC(=O)C1CCC(N)CC1.COC(=O)C1CCC(NC(=O)c2cnc(Nc3ccc4cnccc4n3)cc2NC2CC2)CC1.Cl.N.O=C(NC1CCC(C(=O)O)CC1)c1cnc(Nc2ccc3cnccc3n2)cc1NC1CC1.O=C(O)c1cnc(Nc2ccc3cnccc3n2)cc1NC1CC1.[Na+].[OH-]. The maximum atomic E-state index is 13.1. The topological polar surface area (TPSA) is 465 Å². The molecule has 0 saturated heterocycles. The van der Waals surface area contributed by atoms with Crippen LogP contribution in [0, 0.1) is 17.8 Å². The molecule has 6 fully saturated rings. The predicted molar refractivity (Wildman–Crippen MR) is 407 cm³/mol. The Bertz CT molecular complexity index is 4500. The number of carboxylic acids is 2. The predicted octanol–water partition coefficient (Wildman–Crippen LogP) is 9.29. The van der Waals surface area contributed by atoms with Crippen molar-refractivity contribution < 1.29 is 83.5 Å². The van der Waals surface area contributed by atoms with Crippen LogP contribution in [0.5, 0.6) is 0 Å². The fraction of sp³-hybridized carbons (Fsp3) is 0.400. The van der Waals surface area contributed by atoms with Gasteiger partial charge in [0.15, 0.2) is 0 Å². The van der Waals surface area contributed by atoms with Gasteiger partial charge in [0.1, 0.15) is 40.5 Å². The summed E-state index contributed by atoms with van der Waals surface area (Å²) in [5, 5.41) is 47.2. The number of methoxy groups -OCH3 is 2. The number of halogens is 1. The number of pyridine rings is 9. The Morgan fingerprint density at radius 1 is 0.421 bits per heavy atom. The largest absolute Gasteiger partial charge is 1.00 e. The monoisotopic (exact) mass is 1490 g/mol. The summed E-state index contributed by atoms with van der Waals surface area (Å²) in [7, 11) is 2.86. The van der Waals surface area contributed by atoms with E-state index in [0.717, 1.165) is 134 Å². The van der Waals surface area contributed by atoms with Crippen molar-refractivity contribution >= 4 is 133 Å². The van der Waals surface area contributed by atoms with Crippen molar-refractivity contribution in [3.05, 3.63) is 145 Å². The second kappa shape index (κ2) is 40.0. The van der Waals surface area contributed by atoms with Gasteiger partial charge in [-0.05, 0) is 170 Å². The van der Waals surface area contributed by atoms with Crippen LogP contribution in [0.15, 0.2) is 129 Å². The molecule has 6 aliphatic rings. The number of aromatic carboxylic acids is 1. The van der Waals surface area contributed by atoms with E-state index < -0.39 is 11.9 Å². The Morgan fingerprint density at radius 3 is 1.05 bits per heavy atom. The molecule has 9 aromatic heterocycles. The number of anilines is 9. The molecule has 0 radical (unpaired) electrons. The number of carbonyl (C=O) groups excluding carboxylic acids is 4. The smallest absolute Gasteiger partial charge is 0.870 e. The van der Waals surface area contributed by atoms with E-state index in [1.165, 1.54) is 20.4 Å². The summed E-state index contributed by atoms with van der Waals surface area (Å²) in [4.78, 5) is 110. The molecule has 15 rings (SSSR count). The summed E-state index contributed by atoms with van der Waals surface area (Å²) >= 11 is 0. The zero-order valence-corrected chi connectivity index (χ0v) is 62.2. The third-order valence-corrected chi connectivity index (χ3v) is 18.8. The molecule has 0 atom stereocenters. The first-order chi connectivity index (χ1) is 49.6. The molecule has 9 aromatic rings. The number of aliphatic carboxylic acids is 1. The minimum Gasteiger partial charge on any atom is -0.870 e. The summed E-state index contributed by atoms with van der Waals surface area (Å²) < 4.78 is 9.50. The molecule has 0 aliphatic heterocycles. The first-order valence-electron chi connectivity index (χ1n) is 34.8. The van der Waals surface area contributed by atoms with Gasteiger partial charge in [0.25, 0.3) is 11.8 Å². The number of fused-ring (bicyclic) bond motifs is 3. The van der Waals surface area contributed by atoms with Gasteiger partial charge in [-0.1, -0.05) is 7.43 Å². The molecule has 562 valence electrons. The molecule has 2 amide bonds. The van der Waals surface area contributed by atoms with Crippen molar-refractivity contribution in [3.63, 3.8) is 0 Å². The number of hydrogen-bond acceptors (Lipinski definition) is 26. The quantitative estimate of drug-likeness (QED) is 0.0250. The van der Waals surface area contributed by atoms with Crippen molar-refractivity contribution in [2.75, 3.05) is 46.1 Å². The summed E-state index contributed by atoms with van der Waals surface area (Å²) in [6.45, 7) is 0. The molecule has 30 nitrogen and oxygen atoms in total. The van der Waals surface area contributed by atoms with E-state index in [1.54, 1.807) is 55.6 Å². The van der Waals surface area contributed by atoms with Crippen LogP contribution in [0.25, 0.3) is 32.7 Å². The number of nitrogens with two attached hydrogens (primary N) is 1. The van der Waals surface area contributed by atoms with Crippen LogP contribution in [-0.4, -0.2) is 147 Å². The minimum atomic E-state index is -0.992. The maximum Gasteiger partial charge on any atom is 1.00 e. The number of carboxylic acid groups (broad SMARTS) is 2. The van der Waals surface area contributed by atoms with E-state index in [9.17, 15) is 39.0 Å². The number of carbonyl (C=O) groups is 6.